The number of benzene rings is 3. The lowest BCUT2D eigenvalue weighted by atomic mass is 10.1. The quantitative estimate of drug-likeness (QED) is 0.253. The van der Waals surface area contributed by atoms with E-state index in [1.807, 2.05) is 72.3 Å². The van der Waals surface area contributed by atoms with Crippen molar-refractivity contribution in [2.45, 2.75) is 6.92 Å². The Bertz CT molecular complexity index is 1410. The number of rotatable bonds is 4. The molecule has 0 spiro atoms. The van der Waals surface area contributed by atoms with Gasteiger partial charge in [-0.3, -0.25) is 0 Å². The molecule has 0 radical (unpaired) electrons. The molecule has 0 unspecified atom stereocenters. The van der Waals surface area contributed by atoms with Crippen molar-refractivity contribution in [1.82, 2.24) is 20.0 Å². The highest BCUT2D eigenvalue weighted by molar-refractivity contribution is 7.17. The van der Waals surface area contributed by atoms with Crippen LogP contribution in [0.1, 0.15) is 5.56 Å². The van der Waals surface area contributed by atoms with Crippen molar-refractivity contribution in [3.05, 3.63) is 93.4 Å². The van der Waals surface area contributed by atoms with E-state index in [-0.39, 0.29) is 0 Å². The maximum absolute atomic E-state index is 6.55. The minimum Gasteiger partial charge on any atom is -0.231 e. The molecule has 4 nitrogen and oxygen atoms in total. The molecule has 2 aromatic heterocycles. The number of halogens is 3. The fourth-order valence-corrected chi connectivity index (χ4v) is 4.99. The van der Waals surface area contributed by atoms with Crippen LogP contribution >= 0.6 is 46.1 Å². The molecule has 0 atom stereocenters. The number of hydrogen-bond donors (Lipinski definition) is 0. The molecule has 2 heterocycles. The van der Waals surface area contributed by atoms with Gasteiger partial charge in [-0.05, 0) is 37.3 Å². The molecule has 0 aliphatic heterocycles. The largest absolute Gasteiger partial charge is 0.231 e. The van der Waals surface area contributed by atoms with Crippen molar-refractivity contribution in [2.75, 3.05) is 0 Å². The molecule has 0 fully saturated rings. The van der Waals surface area contributed by atoms with E-state index in [1.54, 1.807) is 12.1 Å². The van der Waals surface area contributed by atoms with Crippen LogP contribution in [-0.4, -0.2) is 20.0 Å². The van der Waals surface area contributed by atoms with Gasteiger partial charge in [0.1, 0.15) is 10.7 Å². The van der Waals surface area contributed by atoms with Crippen molar-refractivity contribution < 1.29 is 0 Å². The molecule has 0 saturated carbocycles. The van der Waals surface area contributed by atoms with E-state index in [1.165, 1.54) is 11.3 Å². The molecule has 0 saturated heterocycles. The van der Waals surface area contributed by atoms with Gasteiger partial charge < -0.3 is 0 Å². The Morgan fingerprint density at radius 1 is 0.750 bits per heavy atom. The molecule has 0 aliphatic carbocycles. The van der Waals surface area contributed by atoms with Gasteiger partial charge in [0.15, 0.2) is 5.01 Å². The summed E-state index contributed by atoms with van der Waals surface area (Å²) in [5, 5.41) is 17.0. The lowest BCUT2D eigenvalue weighted by Gasteiger charge is -2.11. The summed E-state index contributed by atoms with van der Waals surface area (Å²) in [5.41, 5.74) is 5.33. The van der Waals surface area contributed by atoms with E-state index >= 15 is 0 Å². The Labute approximate surface area is 204 Å². The second-order valence-corrected chi connectivity index (χ2v) is 9.37. The van der Waals surface area contributed by atoms with Crippen LogP contribution in [0.25, 0.3) is 38.2 Å². The third-order valence-electron chi connectivity index (χ3n) is 5.03. The van der Waals surface area contributed by atoms with Gasteiger partial charge in [0.2, 0.25) is 0 Å². The first-order valence-electron chi connectivity index (χ1n) is 9.71. The van der Waals surface area contributed by atoms with Gasteiger partial charge in [-0.2, -0.15) is 5.10 Å². The second kappa shape index (κ2) is 8.68. The van der Waals surface area contributed by atoms with Crippen LogP contribution in [0.4, 0.5) is 0 Å². The molecule has 3 aromatic carbocycles. The van der Waals surface area contributed by atoms with Gasteiger partial charge in [-0.1, -0.05) is 88.6 Å². The van der Waals surface area contributed by atoms with Crippen molar-refractivity contribution in [3.63, 3.8) is 0 Å². The minimum atomic E-state index is 0.504. The van der Waals surface area contributed by atoms with Gasteiger partial charge in [-0.15, -0.1) is 10.2 Å². The summed E-state index contributed by atoms with van der Waals surface area (Å²) in [6, 6.07) is 23.0. The standard InChI is InChI=1S/C24H15Cl3N4S/c1-14-21(24-29-28-23(32-24)16-5-3-2-4-6-16)30-31(20-12-11-18(26)13-19(20)27)22(14)15-7-9-17(25)10-8-15/h2-13H,1H3. The van der Waals surface area contributed by atoms with Crippen LogP contribution in [0, 0.1) is 6.92 Å². The third kappa shape index (κ3) is 3.93. The summed E-state index contributed by atoms with van der Waals surface area (Å²) in [4.78, 5) is 0. The average Bonchev–Trinajstić information content (AvgIpc) is 3.40. The smallest absolute Gasteiger partial charge is 0.168 e. The number of hydrogen-bond acceptors (Lipinski definition) is 4. The fraction of sp³-hybridized carbons (Fsp3) is 0.0417. The maximum atomic E-state index is 6.55. The van der Waals surface area contributed by atoms with E-state index < -0.39 is 0 Å². The number of aromatic nitrogens is 4. The van der Waals surface area contributed by atoms with Gasteiger partial charge >= 0.3 is 0 Å². The van der Waals surface area contributed by atoms with Crippen molar-refractivity contribution >= 4 is 46.1 Å². The lowest BCUT2D eigenvalue weighted by Crippen LogP contribution is -2.00. The summed E-state index contributed by atoms with van der Waals surface area (Å²) in [6.07, 6.45) is 0. The van der Waals surface area contributed by atoms with E-state index in [2.05, 4.69) is 10.2 Å². The SMILES string of the molecule is Cc1c(-c2nnc(-c3ccccc3)s2)nn(-c2ccc(Cl)cc2Cl)c1-c1ccc(Cl)cc1. The molecule has 5 rings (SSSR count). The predicted octanol–water partition coefficient (Wildman–Crippen LogP) is 7.99. The molecule has 5 aromatic rings. The van der Waals surface area contributed by atoms with Crippen LogP contribution in [0.2, 0.25) is 15.1 Å². The summed E-state index contributed by atoms with van der Waals surface area (Å²) < 4.78 is 1.83. The highest BCUT2D eigenvalue weighted by atomic mass is 35.5. The monoisotopic (exact) mass is 496 g/mol. The maximum Gasteiger partial charge on any atom is 0.168 e. The Balaban J connectivity index is 1.70. The van der Waals surface area contributed by atoms with Gasteiger partial charge in [0.25, 0.3) is 0 Å². The first kappa shape index (κ1) is 21.2. The van der Waals surface area contributed by atoms with Crippen LogP contribution in [0.15, 0.2) is 72.8 Å². The zero-order chi connectivity index (χ0) is 22.2. The average molecular weight is 498 g/mol. The summed E-state index contributed by atoms with van der Waals surface area (Å²) in [6.45, 7) is 2.02. The first-order chi connectivity index (χ1) is 15.5. The van der Waals surface area contributed by atoms with Crippen molar-refractivity contribution in [3.8, 4) is 38.2 Å². The molecular weight excluding hydrogens is 483 g/mol. The predicted molar refractivity (Wildman–Crippen MR) is 133 cm³/mol. The zero-order valence-electron chi connectivity index (χ0n) is 16.8. The van der Waals surface area contributed by atoms with E-state index in [0.717, 1.165) is 43.8 Å². The van der Waals surface area contributed by atoms with Gasteiger partial charge in [0, 0.05) is 26.7 Å². The second-order valence-electron chi connectivity index (χ2n) is 7.12. The highest BCUT2D eigenvalue weighted by Gasteiger charge is 2.22. The summed E-state index contributed by atoms with van der Waals surface area (Å²) in [7, 11) is 0. The Morgan fingerprint density at radius 2 is 1.44 bits per heavy atom. The molecule has 158 valence electrons. The molecular formula is C24H15Cl3N4S. The molecule has 8 heteroatoms. The zero-order valence-corrected chi connectivity index (χ0v) is 19.8. The first-order valence-corrected chi connectivity index (χ1v) is 11.7. The van der Waals surface area contributed by atoms with Gasteiger partial charge in [0.05, 0.1) is 16.4 Å². The van der Waals surface area contributed by atoms with Crippen LogP contribution < -0.4 is 0 Å². The van der Waals surface area contributed by atoms with Crippen LogP contribution in [0.3, 0.4) is 0 Å². The Kier molecular flexibility index (Phi) is 5.74. The lowest BCUT2D eigenvalue weighted by molar-refractivity contribution is 0.889. The topological polar surface area (TPSA) is 43.6 Å². The highest BCUT2D eigenvalue weighted by Crippen LogP contribution is 2.38. The fourth-order valence-electron chi connectivity index (χ4n) is 3.49. The van der Waals surface area contributed by atoms with Crippen molar-refractivity contribution in [2.24, 2.45) is 0 Å². The van der Waals surface area contributed by atoms with E-state index in [4.69, 9.17) is 39.9 Å². The molecule has 0 bridgehead atoms. The van der Waals surface area contributed by atoms with Crippen molar-refractivity contribution in [1.29, 1.82) is 0 Å². The summed E-state index contributed by atoms with van der Waals surface area (Å²) >= 11 is 20.3. The third-order valence-corrected chi connectivity index (χ3v) is 6.79. The molecule has 32 heavy (non-hydrogen) atoms. The Hall–Kier alpha value is -2.70. The minimum absolute atomic E-state index is 0.504. The van der Waals surface area contributed by atoms with E-state index in [9.17, 15) is 0 Å². The molecule has 0 N–H and O–H groups in total. The van der Waals surface area contributed by atoms with Crippen LogP contribution in [-0.2, 0) is 0 Å². The Morgan fingerprint density at radius 3 is 2.16 bits per heavy atom. The normalized spacial score (nSPS) is 11.1. The van der Waals surface area contributed by atoms with Crippen LogP contribution in [0.5, 0.6) is 0 Å². The molecule has 0 amide bonds. The van der Waals surface area contributed by atoms with Gasteiger partial charge in [-0.25, -0.2) is 4.68 Å². The van der Waals surface area contributed by atoms with E-state index in [0.29, 0.717) is 15.1 Å². The number of nitrogens with zero attached hydrogens (tertiary/aromatic N) is 4. The molecule has 0 aliphatic rings. The summed E-state index contributed by atoms with van der Waals surface area (Å²) in [5.74, 6) is 0.